The molecule has 0 aliphatic rings. The first-order valence-electron chi connectivity index (χ1n) is 8.12. The average molecular weight is 430 g/mol. The first-order chi connectivity index (χ1) is 12.7. The van der Waals surface area contributed by atoms with E-state index in [0.717, 1.165) is 34.1 Å². The Labute approximate surface area is 162 Å². The van der Waals surface area contributed by atoms with Crippen molar-refractivity contribution in [3.63, 3.8) is 0 Å². The summed E-state index contributed by atoms with van der Waals surface area (Å²) in [6, 6.07) is 12.1. The Morgan fingerprint density at radius 2 is 1.92 bits per heavy atom. The zero-order chi connectivity index (χ0) is 17.9. The Kier molecular flexibility index (Phi) is 4.81. The summed E-state index contributed by atoms with van der Waals surface area (Å²) in [6.45, 7) is 3.58. The van der Waals surface area contributed by atoms with E-state index in [1.165, 1.54) is 16.9 Å². The van der Waals surface area contributed by atoms with Crippen molar-refractivity contribution >= 4 is 38.2 Å². The van der Waals surface area contributed by atoms with E-state index in [-0.39, 0.29) is 0 Å². The van der Waals surface area contributed by atoms with E-state index in [4.69, 9.17) is 0 Å². The molecule has 0 atom stereocenters. The molecule has 0 aliphatic heterocycles. The van der Waals surface area contributed by atoms with Crippen LogP contribution < -0.4 is 5.32 Å². The zero-order valence-corrected chi connectivity index (χ0v) is 16.4. The van der Waals surface area contributed by atoms with Gasteiger partial charge in [0.05, 0.1) is 11.0 Å². The van der Waals surface area contributed by atoms with E-state index in [9.17, 15) is 0 Å². The summed E-state index contributed by atoms with van der Waals surface area (Å²) in [5, 5.41) is 22.1. The smallest absolute Gasteiger partial charge is 0.211 e. The molecular formula is C17H16BrN7S. The highest BCUT2D eigenvalue weighted by Gasteiger charge is 2.14. The van der Waals surface area contributed by atoms with Crippen LogP contribution in [0.3, 0.4) is 0 Å². The summed E-state index contributed by atoms with van der Waals surface area (Å²) >= 11 is 4.97. The number of halogens is 1. The summed E-state index contributed by atoms with van der Waals surface area (Å²) in [7, 11) is 0. The molecule has 0 radical (unpaired) electrons. The largest absolute Gasteiger partial charge is 0.313 e. The molecule has 0 bridgehead atoms. The van der Waals surface area contributed by atoms with E-state index < -0.39 is 0 Å². The van der Waals surface area contributed by atoms with E-state index in [2.05, 4.69) is 53.8 Å². The zero-order valence-electron chi connectivity index (χ0n) is 14.0. The highest BCUT2D eigenvalue weighted by atomic mass is 79.9. The Bertz CT molecular complexity index is 1010. The SMILES string of the molecule is CCn1cc(Br)c(-c2nnc(Nc3ccn(Cc4ccccc4)n3)s2)n1. The minimum Gasteiger partial charge on any atom is -0.313 e. The molecule has 0 spiro atoms. The van der Waals surface area contributed by atoms with Crippen molar-refractivity contribution in [3.8, 4) is 10.7 Å². The van der Waals surface area contributed by atoms with Gasteiger partial charge in [-0.05, 0) is 28.4 Å². The first-order valence-corrected chi connectivity index (χ1v) is 9.73. The van der Waals surface area contributed by atoms with Crippen LogP contribution in [0.4, 0.5) is 10.9 Å². The van der Waals surface area contributed by atoms with Crippen molar-refractivity contribution in [2.45, 2.75) is 20.0 Å². The molecule has 1 aromatic carbocycles. The van der Waals surface area contributed by atoms with Crippen molar-refractivity contribution in [2.24, 2.45) is 0 Å². The highest BCUT2D eigenvalue weighted by molar-refractivity contribution is 9.10. The molecule has 3 aromatic heterocycles. The molecule has 132 valence electrons. The molecule has 7 nitrogen and oxygen atoms in total. The van der Waals surface area contributed by atoms with Crippen LogP contribution in [0.15, 0.2) is 53.3 Å². The van der Waals surface area contributed by atoms with Gasteiger partial charge in [-0.15, -0.1) is 10.2 Å². The number of benzene rings is 1. The van der Waals surface area contributed by atoms with Gasteiger partial charge in [0.15, 0.2) is 10.8 Å². The highest BCUT2D eigenvalue weighted by Crippen LogP contribution is 2.31. The second kappa shape index (κ2) is 7.38. The number of nitrogens with zero attached hydrogens (tertiary/aromatic N) is 6. The summed E-state index contributed by atoms with van der Waals surface area (Å²) in [4.78, 5) is 0. The Morgan fingerprint density at radius 1 is 1.08 bits per heavy atom. The number of rotatable bonds is 6. The van der Waals surface area contributed by atoms with Crippen LogP contribution in [-0.4, -0.2) is 29.8 Å². The summed E-state index contributed by atoms with van der Waals surface area (Å²) in [6.07, 6.45) is 3.88. The third-order valence-electron chi connectivity index (χ3n) is 3.73. The fraction of sp³-hybridized carbons (Fsp3) is 0.176. The number of hydrogen-bond donors (Lipinski definition) is 1. The molecule has 0 aliphatic carbocycles. The molecule has 0 saturated carbocycles. The van der Waals surface area contributed by atoms with Gasteiger partial charge in [-0.2, -0.15) is 10.2 Å². The van der Waals surface area contributed by atoms with Crippen LogP contribution in [0.2, 0.25) is 0 Å². The minimum absolute atomic E-state index is 0.683. The lowest BCUT2D eigenvalue weighted by molar-refractivity contribution is 0.661. The van der Waals surface area contributed by atoms with Crippen LogP contribution in [0.25, 0.3) is 10.7 Å². The minimum atomic E-state index is 0.683. The molecule has 4 aromatic rings. The number of anilines is 2. The maximum Gasteiger partial charge on any atom is 0.211 e. The molecule has 0 fully saturated rings. The van der Waals surface area contributed by atoms with Crippen molar-refractivity contribution < 1.29 is 0 Å². The monoisotopic (exact) mass is 429 g/mol. The van der Waals surface area contributed by atoms with E-state index in [1.54, 1.807) is 0 Å². The van der Waals surface area contributed by atoms with Gasteiger partial charge in [-0.3, -0.25) is 9.36 Å². The van der Waals surface area contributed by atoms with E-state index >= 15 is 0 Å². The van der Waals surface area contributed by atoms with Gasteiger partial charge in [0, 0.05) is 25.0 Å². The fourth-order valence-electron chi connectivity index (χ4n) is 2.47. The molecule has 9 heteroatoms. The first kappa shape index (κ1) is 16.9. The second-order valence-corrected chi connectivity index (χ2v) is 7.43. The van der Waals surface area contributed by atoms with Crippen molar-refractivity contribution in [2.75, 3.05) is 5.32 Å². The maximum atomic E-state index is 4.53. The average Bonchev–Trinajstić information content (AvgIpc) is 3.37. The third kappa shape index (κ3) is 3.68. The maximum absolute atomic E-state index is 4.53. The summed E-state index contributed by atoms with van der Waals surface area (Å²) in [5.74, 6) is 0.738. The Hall–Kier alpha value is -2.52. The van der Waals surface area contributed by atoms with Crippen molar-refractivity contribution in [3.05, 3.63) is 58.8 Å². The third-order valence-corrected chi connectivity index (χ3v) is 5.16. The van der Waals surface area contributed by atoms with Gasteiger partial charge in [0.1, 0.15) is 5.69 Å². The quantitative estimate of drug-likeness (QED) is 0.497. The fourth-order valence-corrected chi connectivity index (χ4v) is 3.85. The second-order valence-electron chi connectivity index (χ2n) is 5.60. The van der Waals surface area contributed by atoms with Crippen LogP contribution >= 0.6 is 27.3 Å². The molecule has 1 N–H and O–H groups in total. The number of aromatic nitrogens is 6. The van der Waals surface area contributed by atoms with E-state index in [1.807, 2.05) is 52.9 Å². The van der Waals surface area contributed by atoms with Crippen LogP contribution in [0, 0.1) is 0 Å². The predicted molar refractivity (Wildman–Crippen MR) is 106 cm³/mol. The number of hydrogen-bond acceptors (Lipinski definition) is 6. The predicted octanol–water partition coefficient (Wildman–Crippen LogP) is 4.17. The van der Waals surface area contributed by atoms with Gasteiger partial charge in [0.25, 0.3) is 0 Å². The Morgan fingerprint density at radius 3 is 2.69 bits per heavy atom. The normalized spacial score (nSPS) is 11.0. The van der Waals surface area contributed by atoms with Crippen LogP contribution in [0.1, 0.15) is 12.5 Å². The van der Waals surface area contributed by atoms with Crippen molar-refractivity contribution in [1.29, 1.82) is 0 Å². The lowest BCUT2D eigenvalue weighted by Gasteiger charge is -2.01. The summed E-state index contributed by atoms with van der Waals surface area (Å²) < 4.78 is 4.66. The lowest BCUT2D eigenvalue weighted by atomic mass is 10.2. The van der Waals surface area contributed by atoms with Crippen LogP contribution in [0.5, 0.6) is 0 Å². The molecule has 0 amide bonds. The van der Waals surface area contributed by atoms with Gasteiger partial charge >= 0.3 is 0 Å². The molecule has 0 saturated heterocycles. The van der Waals surface area contributed by atoms with Gasteiger partial charge in [-0.25, -0.2) is 0 Å². The van der Waals surface area contributed by atoms with Crippen LogP contribution in [-0.2, 0) is 13.1 Å². The summed E-state index contributed by atoms with van der Waals surface area (Å²) in [5.41, 5.74) is 2.00. The van der Waals surface area contributed by atoms with Crippen molar-refractivity contribution in [1.82, 2.24) is 29.8 Å². The van der Waals surface area contributed by atoms with Gasteiger partial charge in [-0.1, -0.05) is 41.7 Å². The molecular weight excluding hydrogens is 414 g/mol. The molecule has 4 rings (SSSR count). The molecule has 26 heavy (non-hydrogen) atoms. The number of aryl methyl sites for hydroxylation is 1. The molecule has 3 heterocycles. The van der Waals surface area contributed by atoms with E-state index in [0.29, 0.717) is 5.13 Å². The lowest BCUT2D eigenvalue weighted by Crippen LogP contribution is -2.01. The number of nitrogens with one attached hydrogen (secondary N) is 1. The standard InChI is InChI=1S/C17H16BrN7S/c1-2-24-11-13(18)15(23-24)16-20-21-17(26-16)19-14-8-9-25(22-14)10-12-6-4-3-5-7-12/h3-9,11H,2,10H2,1H3,(H,19,21,22). The van der Waals surface area contributed by atoms with Gasteiger partial charge < -0.3 is 5.32 Å². The van der Waals surface area contributed by atoms with Gasteiger partial charge in [0.2, 0.25) is 5.13 Å². The Balaban J connectivity index is 1.47. The molecule has 0 unspecified atom stereocenters. The topological polar surface area (TPSA) is 73.5 Å².